The molecule has 0 fully saturated rings. The van der Waals surface area contributed by atoms with Gasteiger partial charge in [0.1, 0.15) is 0 Å². The minimum Gasteiger partial charge on any atom is -0.399 e. The fraction of sp³-hybridized carbons (Fsp3) is 0.263. The lowest BCUT2D eigenvalue weighted by Crippen LogP contribution is -2.14. The largest absolute Gasteiger partial charge is 0.399 e. The Morgan fingerprint density at radius 2 is 1.80 bits per heavy atom. The van der Waals surface area contributed by atoms with E-state index in [2.05, 4.69) is 10.6 Å². The van der Waals surface area contributed by atoms with E-state index in [4.69, 9.17) is 17.3 Å². The molecule has 0 aliphatic carbocycles. The van der Waals surface area contributed by atoms with Crippen molar-refractivity contribution in [3.8, 4) is 0 Å². The quantitative estimate of drug-likeness (QED) is 0.646. The summed E-state index contributed by atoms with van der Waals surface area (Å²) in [5, 5.41) is 5.99. The van der Waals surface area contributed by atoms with E-state index in [1.54, 1.807) is 18.2 Å². The lowest BCUT2D eigenvalue weighted by atomic mass is 10.1. The molecule has 0 aliphatic heterocycles. The van der Waals surface area contributed by atoms with Crippen molar-refractivity contribution in [2.75, 3.05) is 16.4 Å². The van der Waals surface area contributed by atoms with Crippen LogP contribution in [0.5, 0.6) is 0 Å². The highest BCUT2D eigenvalue weighted by Crippen LogP contribution is 2.26. The zero-order chi connectivity index (χ0) is 18.2. The van der Waals surface area contributed by atoms with Crippen LogP contribution in [0.1, 0.15) is 31.7 Å². The van der Waals surface area contributed by atoms with Gasteiger partial charge in [-0.05, 0) is 48.7 Å². The van der Waals surface area contributed by atoms with Crippen molar-refractivity contribution in [1.82, 2.24) is 0 Å². The van der Waals surface area contributed by atoms with Gasteiger partial charge in [-0.2, -0.15) is 0 Å². The van der Waals surface area contributed by atoms with Crippen molar-refractivity contribution in [1.29, 1.82) is 0 Å². The number of carbonyl (C=O) groups is 2. The number of amides is 2. The van der Waals surface area contributed by atoms with Gasteiger partial charge < -0.3 is 16.4 Å². The molecule has 4 N–H and O–H groups in total. The third-order valence-corrected chi connectivity index (χ3v) is 3.92. The number of rotatable bonds is 7. The molecule has 2 aromatic rings. The molecule has 0 saturated heterocycles. The van der Waals surface area contributed by atoms with Crippen molar-refractivity contribution >= 4 is 40.5 Å². The van der Waals surface area contributed by atoms with Crippen LogP contribution in [0.15, 0.2) is 42.5 Å². The highest BCUT2D eigenvalue weighted by Gasteiger charge is 2.09. The monoisotopic (exact) mass is 359 g/mol. The first-order valence-electron chi connectivity index (χ1n) is 8.21. The van der Waals surface area contributed by atoms with E-state index in [-0.39, 0.29) is 11.8 Å². The molecular weight excluding hydrogens is 338 g/mol. The van der Waals surface area contributed by atoms with E-state index in [0.29, 0.717) is 41.3 Å². The number of nitrogens with two attached hydrogens (primary N) is 1. The maximum atomic E-state index is 12.2. The zero-order valence-electron chi connectivity index (χ0n) is 14.1. The topological polar surface area (TPSA) is 84.2 Å². The van der Waals surface area contributed by atoms with Crippen LogP contribution in [0, 0.1) is 0 Å². The molecule has 0 aliphatic rings. The molecule has 6 heteroatoms. The van der Waals surface area contributed by atoms with Crippen molar-refractivity contribution in [3.63, 3.8) is 0 Å². The maximum absolute atomic E-state index is 12.2. The predicted molar refractivity (Wildman–Crippen MR) is 103 cm³/mol. The minimum atomic E-state index is -0.152. The predicted octanol–water partition coefficient (Wildman–Crippen LogP) is 4.23. The first kappa shape index (κ1) is 18.8. The van der Waals surface area contributed by atoms with E-state index in [1.807, 2.05) is 31.2 Å². The van der Waals surface area contributed by atoms with Gasteiger partial charge in [0.05, 0.1) is 10.7 Å². The average Bonchev–Trinajstić information content (AvgIpc) is 2.56. The van der Waals surface area contributed by atoms with E-state index in [1.165, 1.54) is 0 Å². The van der Waals surface area contributed by atoms with E-state index < -0.39 is 0 Å². The average molecular weight is 360 g/mol. The molecule has 0 spiro atoms. The molecule has 132 valence electrons. The second-order valence-corrected chi connectivity index (χ2v) is 6.19. The Morgan fingerprint density at radius 3 is 2.52 bits per heavy atom. The fourth-order valence-corrected chi connectivity index (χ4v) is 2.53. The molecule has 0 atom stereocenters. The number of nitrogen functional groups attached to an aromatic ring is 1. The van der Waals surface area contributed by atoms with Crippen LogP contribution >= 0.6 is 11.6 Å². The second kappa shape index (κ2) is 9.08. The first-order chi connectivity index (χ1) is 12.0. The zero-order valence-corrected chi connectivity index (χ0v) is 14.9. The highest BCUT2D eigenvalue weighted by atomic mass is 35.5. The highest BCUT2D eigenvalue weighted by molar-refractivity contribution is 6.33. The molecular formula is C19H22ClN3O2. The van der Waals surface area contributed by atoms with Crippen LogP contribution in [-0.4, -0.2) is 11.8 Å². The first-order valence-corrected chi connectivity index (χ1v) is 8.59. The number of hydrogen-bond acceptors (Lipinski definition) is 3. The van der Waals surface area contributed by atoms with Gasteiger partial charge in [0.25, 0.3) is 0 Å². The molecule has 0 aromatic heterocycles. The molecule has 0 bridgehead atoms. The summed E-state index contributed by atoms with van der Waals surface area (Å²) in [6, 6.07) is 12.5. The van der Waals surface area contributed by atoms with Crippen LogP contribution in [0.2, 0.25) is 5.02 Å². The van der Waals surface area contributed by atoms with Gasteiger partial charge in [0, 0.05) is 24.2 Å². The molecule has 0 heterocycles. The van der Waals surface area contributed by atoms with Crippen molar-refractivity contribution < 1.29 is 9.59 Å². The van der Waals surface area contributed by atoms with Gasteiger partial charge in [-0.25, -0.2) is 0 Å². The number of anilines is 3. The smallest absolute Gasteiger partial charge is 0.224 e. The van der Waals surface area contributed by atoms with Gasteiger partial charge >= 0.3 is 0 Å². The van der Waals surface area contributed by atoms with Crippen LogP contribution in [-0.2, 0) is 16.0 Å². The standard InChI is InChI=1S/C19H22ClN3O2/c1-2-4-18(24)22-15-8-9-16(20)17(12-15)23-19(25)10-7-13-5-3-6-14(21)11-13/h3,5-6,8-9,11-12H,2,4,7,10,21H2,1H3,(H,22,24)(H,23,25). The van der Waals surface area contributed by atoms with E-state index in [9.17, 15) is 9.59 Å². The van der Waals surface area contributed by atoms with Crippen LogP contribution in [0.25, 0.3) is 0 Å². The maximum Gasteiger partial charge on any atom is 0.224 e. The fourth-order valence-electron chi connectivity index (χ4n) is 2.37. The van der Waals surface area contributed by atoms with Crippen molar-refractivity contribution in [2.45, 2.75) is 32.6 Å². The van der Waals surface area contributed by atoms with Crippen LogP contribution in [0.3, 0.4) is 0 Å². The van der Waals surface area contributed by atoms with Gasteiger partial charge in [0.2, 0.25) is 11.8 Å². The summed E-state index contributed by atoms with van der Waals surface area (Å²) in [7, 11) is 0. The normalized spacial score (nSPS) is 10.3. The number of carbonyl (C=O) groups excluding carboxylic acids is 2. The SMILES string of the molecule is CCCC(=O)Nc1ccc(Cl)c(NC(=O)CCc2cccc(N)c2)c1. The second-order valence-electron chi connectivity index (χ2n) is 5.79. The summed E-state index contributed by atoms with van der Waals surface area (Å²) >= 11 is 6.13. The number of halogens is 1. The Bertz CT molecular complexity index is 762. The molecule has 25 heavy (non-hydrogen) atoms. The van der Waals surface area contributed by atoms with Gasteiger partial charge in [-0.15, -0.1) is 0 Å². The lowest BCUT2D eigenvalue weighted by molar-refractivity contribution is -0.117. The Kier molecular flexibility index (Phi) is 6.83. The molecule has 0 radical (unpaired) electrons. The number of aryl methyl sites for hydroxylation is 1. The summed E-state index contributed by atoms with van der Waals surface area (Å²) in [4.78, 5) is 23.8. The van der Waals surface area contributed by atoms with Gasteiger partial charge in [0.15, 0.2) is 0 Å². The van der Waals surface area contributed by atoms with Crippen LogP contribution < -0.4 is 16.4 Å². The Hall–Kier alpha value is -2.53. The Morgan fingerprint density at radius 1 is 1.04 bits per heavy atom. The number of nitrogens with one attached hydrogen (secondary N) is 2. The molecule has 5 nitrogen and oxygen atoms in total. The summed E-state index contributed by atoms with van der Waals surface area (Å²) in [5.41, 5.74) is 8.50. The molecule has 0 unspecified atom stereocenters. The summed E-state index contributed by atoms with van der Waals surface area (Å²) in [5.74, 6) is -0.217. The van der Waals surface area contributed by atoms with Gasteiger partial charge in [-0.1, -0.05) is 30.7 Å². The van der Waals surface area contributed by atoms with Gasteiger partial charge in [-0.3, -0.25) is 9.59 Å². The van der Waals surface area contributed by atoms with E-state index >= 15 is 0 Å². The summed E-state index contributed by atoms with van der Waals surface area (Å²) < 4.78 is 0. The van der Waals surface area contributed by atoms with Crippen molar-refractivity contribution in [3.05, 3.63) is 53.1 Å². The summed E-state index contributed by atoms with van der Waals surface area (Å²) in [6.07, 6.45) is 2.12. The molecule has 2 rings (SSSR count). The third kappa shape index (κ3) is 6.12. The number of hydrogen-bond donors (Lipinski definition) is 3. The molecule has 2 aromatic carbocycles. The van der Waals surface area contributed by atoms with Crippen LogP contribution in [0.4, 0.5) is 17.1 Å². The lowest BCUT2D eigenvalue weighted by Gasteiger charge is -2.11. The molecule has 0 saturated carbocycles. The summed E-state index contributed by atoms with van der Waals surface area (Å²) in [6.45, 7) is 1.94. The Balaban J connectivity index is 1.96. The van der Waals surface area contributed by atoms with E-state index in [0.717, 1.165) is 12.0 Å². The third-order valence-electron chi connectivity index (χ3n) is 3.59. The molecule has 2 amide bonds. The Labute approximate surface area is 152 Å². The van der Waals surface area contributed by atoms with Crippen molar-refractivity contribution in [2.24, 2.45) is 0 Å². The minimum absolute atomic E-state index is 0.0660. The number of benzene rings is 2.